The van der Waals surface area contributed by atoms with Crippen LogP contribution in [-0.2, 0) is 4.79 Å². The van der Waals surface area contributed by atoms with Gasteiger partial charge in [0.2, 0.25) is 0 Å². The number of Topliss-reactive ketones (excluding diaryl/α,β-unsaturated/α-hetero) is 1. The highest BCUT2D eigenvalue weighted by Crippen LogP contribution is 2.62. The predicted molar refractivity (Wildman–Crippen MR) is 101 cm³/mol. The SMILES string of the molecule is CC12CCC(/C(=N\NC(=S)Nc3ccc(Br)cc3)C1=O)C2(C)C. The van der Waals surface area contributed by atoms with E-state index in [1.54, 1.807) is 0 Å². The fourth-order valence-corrected chi connectivity index (χ4v) is 4.19. The number of nitrogens with one attached hydrogen (secondary N) is 2. The molecule has 2 fully saturated rings. The molecule has 2 aliphatic carbocycles. The molecular weight excluding hydrogens is 374 g/mol. The minimum absolute atomic E-state index is 0.0364. The first-order valence-corrected chi connectivity index (χ1v) is 8.91. The van der Waals surface area contributed by atoms with Crippen molar-refractivity contribution in [2.75, 3.05) is 5.32 Å². The molecule has 2 unspecified atom stereocenters. The van der Waals surface area contributed by atoms with Crippen molar-refractivity contribution in [1.82, 2.24) is 5.43 Å². The van der Waals surface area contributed by atoms with Gasteiger partial charge in [-0.05, 0) is 54.7 Å². The standard InChI is InChI=1S/C17H20BrN3OS/c1-16(2)12-8-9-17(16,3)14(22)13(12)20-21-15(23)19-11-6-4-10(18)5-7-11/h4-7,12H,8-9H2,1-3H3,(H2,19,21,23)/b20-13+. The van der Waals surface area contributed by atoms with Crippen LogP contribution in [0.3, 0.4) is 0 Å². The van der Waals surface area contributed by atoms with Gasteiger partial charge in [0.25, 0.3) is 0 Å². The minimum Gasteiger partial charge on any atom is -0.331 e. The molecule has 0 aromatic heterocycles. The van der Waals surface area contributed by atoms with Crippen LogP contribution in [0.4, 0.5) is 5.69 Å². The molecule has 1 aromatic carbocycles. The lowest BCUT2D eigenvalue weighted by molar-refractivity contribution is -0.123. The van der Waals surface area contributed by atoms with Crippen LogP contribution in [0.2, 0.25) is 0 Å². The zero-order chi connectivity index (χ0) is 16.8. The molecule has 2 N–H and O–H groups in total. The average molecular weight is 394 g/mol. The number of hydrazone groups is 1. The summed E-state index contributed by atoms with van der Waals surface area (Å²) in [5.41, 5.74) is 4.02. The van der Waals surface area contributed by atoms with Crippen molar-refractivity contribution in [1.29, 1.82) is 0 Å². The number of hydrogen-bond acceptors (Lipinski definition) is 3. The number of hydrogen-bond donors (Lipinski definition) is 2. The van der Waals surface area contributed by atoms with Gasteiger partial charge < -0.3 is 5.32 Å². The van der Waals surface area contributed by atoms with Crippen LogP contribution < -0.4 is 10.7 Å². The first kappa shape index (κ1) is 16.6. The molecule has 6 heteroatoms. The maximum absolute atomic E-state index is 12.7. The van der Waals surface area contributed by atoms with Gasteiger partial charge in [0.1, 0.15) is 5.71 Å². The van der Waals surface area contributed by atoms with Crippen LogP contribution in [0, 0.1) is 16.7 Å². The van der Waals surface area contributed by atoms with Gasteiger partial charge in [0.15, 0.2) is 10.9 Å². The smallest absolute Gasteiger partial charge is 0.191 e. The van der Waals surface area contributed by atoms with E-state index >= 15 is 0 Å². The molecule has 0 amide bonds. The second-order valence-corrected chi connectivity index (χ2v) is 8.37. The normalized spacial score (nSPS) is 29.8. The Morgan fingerprint density at radius 1 is 1.30 bits per heavy atom. The maximum atomic E-state index is 12.7. The molecule has 2 bridgehead atoms. The lowest BCUT2D eigenvalue weighted by Crippen LogP contribution is -2.34. The largest absolute Gasteiger partial charge is 0.331 e. The van der Waals surface area contributed by atoms with Gasteiger partial charge in [-0.15, -0.1) is 0 Å². The van der Waals surface area contributed by atoms with Crippen LogP contribution in [0.25, 0.3) is 0 Å². The lowest BCUT2D eigenvalue weighted by Gasteiger charge is -2.31. The van der Waals surface area contributed by atoms with Crippen molar-refractivity contribution in [3.8, 4) is 0 Å². The third kappa shape index (κ3) is 2.62. The van der Waals surface area contributed by atoms with Crippen molar-refractivity contribution in [3.63, 3.8) is 0 Å². The monoisotopic (exact) mass is 393 g/mol. The lowest BCUT2D eigenvalue weighted by atomic mass is 9.70. The second-order valence-electron chi connectivity index (χ2n) is 7.04. The van der Waals surface area contributed by atoms with E-state index < -0.39 is 0 Å². The van der Waals surface area contributed by atoms with Gasteiger partial charge >= 0.3 is 0 Å². The first-order valence-electron chi connectivity index (χ1n) is 7.70. The summed E-state index contributed by atoms with van der Waals surface area (Å²) in [6.45, 7) is 6.41. The number of carbonyl (C=O) groups is 1. The number of benzene rings is 1. The Labute approximate surface area is 150 Å². The van der Waals surface area contributed by atoms with E-state index in [4.69, 9.17) is 12.2 Å². The number of nitrogens with zero attached hydrogens (tertiary/aromatic N) is 1. The average Bonchev–Trinajstić information content (AvgIpc) is 2.80. The quantitative estimate of drug-likeness (QED) is 0.586. The Balaban J connectivity index is 1.70. The molecule has 0 heterocycles. The Morgan fingerprint density at radius 2 is 1.96 bits per heavy atom. The fraction of sp³-hybridized carbons (Fsp3) is 0.471. The Bertz CT molecular complexity index is 698. The molecule has 4 nitrogen and oxygen atoms in total. The predicted octanol–water partition coefficient (Wildman–Crippen LogP) is 4.12. The van der Waals surface area contributed by atoms with E-state index in [9.17, 15) is 4.79 Å². The summed E-state index contributed by atoms with van der Waals surface area (Å²) in [6.07, 6.45) is 1.97. The molecule has 2 aliphatic rings. The van der Waals surface area contributed by atoms with E-state index in [-0.39, 0.29) is 22.5 Å². The molecule has 1 aromatic rings. The number of ketones is 1. The van der Waals surface area contributed by atoms with Crippen LogP contribution in [0.15, 0.2) is 33.8 Å². The van der Waals surface area contributed by atoms with Gasteiger partial charge in [-0.3, -0.25) is 10.2 Å². The highest BCUT2D eigenvalue weighted by molar-refractivity contribution is 9.10. The number of rotatable bonds is 2. The van der Waals surface area contributed by atoms with Gasteiger partial charge in [0.05, 0.1) is 0 Å². The van der Waals surface area contributed by atoms with Crippen LogP contribution in [0.5, 0.6) is 0 Å². The summed E-state index contributed by atoms with van der Waals surface area (Å²) in [5.74, 6) is 0.376. The van der Waals surface area contributed by atoms with E-state index in [1.165, 1.54) is 0 Å². The minimum atomic E-state index is -0.293. The summed E-state index contributed by atoms with van der Waals surface area (Å²) in [6, 6.07) is 7.69. The van der Waals surface area contributed by atoms with Crippen LogP contribution >= 0.6 is 28.1 Å². The van der Waals surface area contributed by atoms with Crippen molar-refractivity contribution in [3.05, 3.63) is 28.7 Å². The zero-order valence-electron chi connectivity index (χ0n) is 13.4. The molecular formula is C17H20BrN3OS. The second kappa shape index (κ2) is 5.67. The molecule has 0 spiro atoms. The number of anilines is 1. The fourth-order valence-electron chi connectivity index (χ4n) is 3.76. The highest BCUT2D eigenvalue weighted by atomic mass is 79.9. The molecule has 2 atom stereocenters. The first-order chi connectivity index (χ1) is 10.8. The van der Waals surface area contributed by atoms with Gasteiger partial charge in [-0.1, -0.05) is 36.7 Å². The van der Waals surface area contributed by atoms with Crippen LogP contribution in [-0.4, -0.2) is 16.6 Å². The molecule has 2 saturated carbocycles. The summed E-state index contributed by atoms with van der Waals surface area (Å²) >= 11 is 8.65. The third-order valence-electron chi connectivity index (χ3n) is 5.67. The molecule has 23 heavy (non-hydrogen) atoms. The van der Waals surface area contributed by atoms with Crippen molar-refractivity contribution >= 4 is 50.4 Å². The van der Waals surface area contributed by atoms with Gasteiger partial charge in [0, 0.05) is 21.5 Å². The molecule has 0 aliphatic heterocycles. The van der Waals surface area contributed by atoms with Crippen molar-refractivity contribution < 1.29 is 4.79 Å². The van der Waals surface area contributed by atoms with Crippen molar-refractivity contribution in [2.24, 2.45) is 21.8 Å². The van der Waals surface area contributed by atoms with Crippen molar-refractivity contribution in [2.45, 2.75) is 33.6 Å². The summed E-state index contributed by atoms with van der Waals surface area (Å²) < 4.78 is 1.00. The Hall–Kier alpha value is -1.27. The summed E-state index contributed by atoms with van der Waals surface area (Å²) in [5, 5.41) is 7.80. The number of thiocarbonyl (C=S) groups is 1. The van der Waals surface area contributed by atoms with E-state index in [0.29, 0.717) is 10.8 Å². The number of fused-ring (bicyclic) bond motifs is 2. The van der Waals surface area contributed by atoms with Crippen LogP contribution in [0.1, 0.15) is 33.6 Å². The maximum Gasteiger partial charge on any atom is 0.191 e. The van der Waals surface area contributed by atoms with E-state index in [2.05, 4.69) is 52.5 Å². The van der Waals surface area contributed by atoms with E-state index in [1.807, 2.05) is 24.3 Å². The topological polar surface area (TPSA) is 53.5 Å². The summed E-state index contributed by atoms with van der Waals surface area (Å²) in [4.78, 5) is 12.7. The highest BCUT2D eigenvalue weighted by Gasteiger charge is 2.65. The van der Waals surface area contributed by atoms with Gasteiger partial charge in [-0.25, -0.2) is 0 Å². The Morgan fingerprint density at radius 3 is 2.52 bits per heavy atom. The summed E-state index contributed by atoms with van der Waals surface area (Å²) in [7, 11) is 0. The molecule has 3 rings (SSSR count). The number of halogens is 1. The Kier molecular flexibility index (Phi) is 4.09. The third-order valence-corrected chi connectivity index (χ3v) is 6.39. The van der Waals surface area contributed by atoms with Gasteiger partial charge in [-0.2, -0.15) is 5.10 Å². The zero-order valence-corrected chi connectivity index (χ0v) is 15.8. The molecule has 0 saturated heterocycles. The molecule has 122 valence electrons. The molecule has 0 radical (unpaired) electrons. The van der Waals surface area contributed by atoms with E-state index in [0.717, 1.165) is 23.0 Å². The number of carbonyl (C=O) groups excluding carboxylic acids is 1.